The van der Waals surface area contributed by atoms with Gasteiger partial charge in [-0.2, -0.15) is 0 Å². The summed E-state index contributed by atoms with van der Waals surface area (Å²) in [6, 6.07) is 5.92. The molecule has 1 saturated heterocycles. The van der Waals surface area contributed by atoms with Crippen molar-refractivity contribution in [2.75, 3.05) is 12.3 Å². The second-order valence-corrected chi connectivity index (χ2v) is 5.86. The van der Waals surface area contributed by atoms with Gasteiger partial charge in [-0.1, -0.05) is 6.07 Å². The summed E-state index contributed by atoms with van der Waals surface area (Å²) in [6.45, 7) is 1.05. The van der Waals surface area contributed by atoms with Gasteiger partial charge in [-0.15, -0.1) is 0 Å². The molecule has 1 aliphatic heterocycles. The van der Waals surface area contributed by atoms with Gasteiger partial charge < -0.3 is 5.32 Å². The summed E-state index contributed by atoms with van der Waals surface area (Å²) in [4.78, 5) is 4.20. The highest BCUT2D eigenvalue weighted by molar-refractivity contribution is 9.10. The zero-order valence-electron chi connectivity index (χ0n) is 8.28. The molecule has 3 nitrogen and oxygen atoms in total. The number of hydrogen-bond acceptors (Lipinski definition) is 3. The second-order valence-electron chi connectivity index (χ2n) is 3.60. The van der Waals surface area contributed by atoms with Gasteiger partial charge in [-0.05, 0) is 47.4 Å². The van der Waals surface area contributed by atoms with Gasteiger partial charge in [0.2, 0.25) is 0 Å². The first kappa shape index (κ1) is 11.2. The van der Waals surface area contributed by atoms with Gasteiger partial charge in [0, 0.05) is 11.8 Å². The third kappa shape index (κ3) is 3.09. The molecule has 0 saturated carbocycles. The van der Waals surface area contributed by atoms with E-state index in [0.717, 1.165) is 17.6 Å². The Bertz CT molecular complexity index is 366. The van der Waals surface area contributed by atoms with Gasteiger partial charge in [-0.3, -0.25) is 4.21 Å². The maximum absolute atomic E-state index is 11.9. The third-order valence-corrected chi connectivity index (χ3v) is 4.28. The highest BCUT2D eigenvalue weighted by atomic mass is 79.9. The molecule has 15 heavy (non-hydrogen) atoms. The van der Waals surface area contributed by atoms with Crippen LogP contribution >= 0.6 is 15.9 Å². The van der Waals surface area contributed by atoms with E-state index in [4.69, 9.17) is 0 Å². The topological polar surface area (TPSA) is 42.0 Å². The highest BCUT2D eigenvalue weighted by Gasteiger charge is 2.18. The predicted octanol–water partition coefficient (Wildman–Crippen LogP) is 1.70. The van der Waals surface area contributed by atoms with Gasteiger partial charge >= 0.3 is 0 Å². The Kier molecular flexibility index (Phi) is 3.88. The number of rotatable bonds is 3. The van der Waals surface area contributed by atoms with Crippen LogP contribution in [0.4, 0.5) is 0 Å². The first-order valence-electron chi connectivity index (χ1n) is 5.00. The molecule has 0 aliphatic carbocycles. The fourth-order valence-corrected chi connectivity index (χ4v) is 3.40. The summed E-state index contributed by atoms with van der Waals surface area (Å²) in [5.74, 6) is 0.670. The first-order chi connectivity index (χ1) is 7.25. The maximum Gasteiger partial charge on any atom is 0.128 e. The van der Waals surface area contributed by atoms with Crippen molar-refractivity contribution in [1.82, 2.24) is 10.3 Å². The van der Waals surface area contributed by atoms with Crippen LogP contribution in [0.1, 0.15) is 12.8 Å². The average molecular weight is 289 g/mol. The van der Waals surface area contributed by atoms with Crippen molar-refractivity contribution < 1.29 is 4.21 Å². The molecule has 1 aromatic rings. The van der Waals surface area contributed by atoms with Crippen molar-refractivity contribution in [3.05, 3.63) is 22.8 Å². The number of aromatic nitrogens is 1. The van der Waals surface area contributed by atoms with E-state index in [1.54, 1.807) is 0 Å². The van der Waals surface area contributed by atoms with E-state index in [1.807, 2.05) is 18.2 Å². The number of nitrogens with zero attached hydrogens (tertiary/aromatic N) is 1. The molecule has 5 heteroatoms. The minimum Gasteiger partial charge on any atom is -0.313 e. The minimum atomic E-state index is -0.987. The molecule has 1 N–H and O–H groups in total. The number of nitrogens with one attached hydrogen (secondary N) is 1. The molecular formula is C10H13BrN2OS. The van der Waals surface area contributed by atoms with Gasteiger partial charge in [0.05, 0.1) is 10.8 Å². The van der Waals surface area contributed by atoms with E-state index in [1.165, 1.54) is 6.42 Å². The molecular weight excluding hydrogens is 276 g/mol. The molecule has 0 amide bonds. The van der Waals surface area contributed by atoms with Gasteiger partial charge in [-0.25, -0.2) is 4.98 Å². The van der Waals surface area contributed by atoms with Crippen LogP contribution in [0.15, 0.2) is 27.8 Å². The molecule has 2 atom stereocenters. The average Bonchev–Trinajstić information content (AvgIpc) is 2.70. The van der Waals surface area contributed by atoms with Crippen LogP contribution in [0.5, 0.6) is 0 Å². The summed E-state index contributed by atoms with van der Waals surface area (Å²) in [5, 5.41) is 4.00. The lowest BCUT2D eigenvalue weighted by Crippen LogP contribution is -2.27. The quantitative estimate of drug-likeness (QED) is 0.861. The van der Waals surface area contributed by atoms with Crippen LogP contribution in [0, 0.1) is 0 Å². The zero-order valence-corrected chi connectivity index (χ0v) is 10.7. The van der Waals surface area contributed by atoms with Crippen molar-refractivity contribution in [2.45, 2.75) is 23.9 Å². The smallest absolute Gasteiger partial charge is 0.128 e. The summed E-state index contributed by atoms with van der Waals surface area (Å²) in [6.07, 6.45) is 2.31. The van der Waals surface area contributed by atoms with Crippen molar-refractivity contribution in [2.24, 2.45) is 0 Å². The van der Waals surface area contributed by atoms with E-state index in [-0.39, 0.29) is 0 Å². The summed E-state index contributed by atoms with van der Waals surface area (Å²) in [5.41, 5.74) is 0. The molecule has 0 unspecified atom stereocenters. The summed E-state index contributed by atoms with van der Waals surface area (Å²) < 4.78 is 12.7. The lowest BCUT2D eigenvalue weighted by Gasteiger charge is -2.08. The predicted molar refractivity (Wildman–Crippen MR) is 64.2 cm³/mol. The van der Waals surface area contributed by atoms with E-state index < -0.39 is 10.8 Å². The molecule has 1 fully saturated rings. The van der Waals surface area contributed by atoms with E-state index in [2.05, 4.69) is 26.2 Å². The van der Waals surface area contributed by atoms with Crippen LogP contribution in [-0.4, -0.2) is 27.5 Å². The molecule has 1 aliphatic rings. The summed E-state index contributed by atoms with van der Waals surface area (Å²) >= 11 is 3.28. The number of hydrogen-bond donors (Lipinski definition) is 1. The molecule has 82 valence electrons. The fraction of sp³-hybridized carbons (Fsp3) is 0.500. The molecule has 0 aromatic carbocycles. The molecule has 0 spiro atoms. The molecule has 2 heterocycles. The van der Waals surface area contributed by atoms with Crippen LogP contribution in [0.25, 0.3) is 0 Å². The van der Waals surface area contributed by atoms with Crippen molar-refractivity contribution >= 4 is 26.7 Å². The number of halogens is 1. The Morgan fingerprint density at radius 1 is 1.60 bits per heavy atom. The third-order valence-electron chi connectivity index (χ3n) is 2.44. The molecule has 1 aromatic heterocycles. The zero-order chi connectivity index (χ0) is 10.7. The molecule has 0 bridgehead atoms. The van der Waals surface area contributed by atoms with Gasteiger partial charge in [0.25, 0.3) is 0 Å². The van der Waals surface area contributed by atoms with Gasteiger partial charge in [0.15, 0.2) is 0 Å². The SMILES string of the molecule is O=[S@](C[C@@H]1CCCN1)c1cccc(Br)n1. The maximum atomic E-state index is 11.9. The van der Waals surface area contributed by atoms with Crippen molar-refractivity contribution in [3.63, 3.8) is 0 Å². The number of pyridine rings is 1. The lowest BCUT2D eigenvalue weighted by molar-refractivity contribution is 0.641. The second kappa shape index (κ2) is 5.18. The largest absolute Gasteiger partial charge is 0.313 e. The standard InChI is InChI=1S/C10H13BrN2OS/c11-9-4-1-5-10(13-9)15(14)7-8-3-2-6-12-8/h1,4-5,8,12H,2-3,6-7H2/t8-,15+/m0/s1. The normalized spacial score (nSPS) is 22.9. The Balaban J connectivity index is 2.01. The van der Waals surface area contributed by atoms with E-state index in [9.17, 15) is 4.21 Å². The Morgan fingerprint density at radius 2 is 2.47 bits per heavy atom. The summed E-state index contributed by atoms with van der Waals surface area (Å²) in [7, 11) is -0.987. The van der Waals surface area contributed by atoms with Crippen LogP contribution in [0.3, 0.4) is 0 Å². The van der Waals surface area contributed by atoms with Gasteiger partial charge in [0.1, 0.15) is 9.63 Å². The van der Waals surface area contributed by atoms with Crippen LogP contribution in [0.2, 0.25) is 0 Å². The van der Waals surface area contributed by atoms with Crippen LogP contribution in [-0.2, 0) is 10.8 Å². The Labute approximate surface area is 100 Å². The highest BCUT2D eigenvalue weighted by Crippen LogP contribution is 2.13. The monoisotopic (exact) mass is 288 g/mol. The molecule has 2 rings (SSSR count). The fourth-order valence-electron chi connectivity index (χ4n) is 1.68. The Morgan fingerprint density at radius 3 is 3.13 bits per heavy atom. The molecule has 0 radical (unpaired) electrons. The Hall–Kier alpha value is -0.260. The van der Waals surface area contributed by atoms with Crippen molar-refractivity contribution in [1.29, 1.82) is 0 Å². The van der Waals surface area contributed by atoms with E-state index in [0.29, 0.717) is 16.8 Å². The first-order valence-corrected chi connectivity index (χ1v) is 7.11. The van der Waals surface area contributed by atoms with E-state index >= 15 is 0 Å². The minimum absolute atomic E-state index is 0.395. The van der Waals surface area contributed by atoms with Crippen molar-refractivity contribution in [3.8, 4) is 0 Å². The van der Waals surface area contributed by atoms with Crippen LogP contribution < -0.4 is 5.32 Å². The lowest BCUT2D eigenvalue weighted by atomic mass is 10.3.